The molecule has 1 aromatic carbocycles. The van der Waals surface area contributed by atoms with Crippen molar-refractivity contribution < 1.29 is 4.39 Å². The smallest absolute Gasteiger partial charge is 0.138 e. The van der Waals surface area contributed by atoms with Gasteiger partial charge in [-0.25, -0.2) is 14.4 Å². The van der Waals surface area contributed by atoms with Crippen LogP contribution in [0, 0.1) is 5.82 Å². The van der Waals surface area contributed by atoms with Crippen LogP contribution in [-0.4, -0.2) is 23.1 Å². The molecule has 2 aliphatic carbocycles. The number of aromatic nitrogens is 2. The zero-order chi connectivity index (χ0) is 20.9. The highest BCUT2D eigenvalue weighted by molar-refractivity contribution is 7.19. The van der Waals surface area contributed by atoms with Crippen LogP contribution in [0.25, 0.3) is 10.2 Å². The van der Waals surface area contributed by atoms with E-state index < -0.39 is 0 Å². The Kier molecular flexibility index (Phi) is 7.18. The summed E-state index contributed by atoms with van der Waals surface area (Å²) in [5.41, 5.74) is 2.05. The summed E-state index contributed by atoms with van der Waals surface area (Å²) in [6.07, 6.45) is 12.2. The van der Waals surface area contributed by atoms with Crippen molar-refractivity contribution in [1.29, 1.82) is 0 Å². The van der Waals surface area contributed by atoms with Crippen molar-refractivity contribution in [2.45, 2.75) is 64.0 Å². The van der Waals surface area contributed by atoms with Gasteiger partial charge in [0.05, 0.1) is 5.39 Å². The highest BCUT2D eigenvalue weighted by Crippen LogP contribution is 2.39. The minimum absolute atomic E-state index is 0.258. The lowest BCUT2D eigenvalue weighted by atomic mass is 9.95. The lowest BCUT2D eigenvalue weighted by molar-refractivity contribution is 0.462. The van der Waals surface area contributed by atoms with Crippen molar-refractivity contribution in [2.24, 2.45) is 0 Å². The largest absolute Gasteiger partial charge is 0.367 e. The second-order valence-electron chi connectivity index (χ2n) is 7.97. The number of rotatable bonds is 4. The van der Waals surface area contributed by atoms with E-state index >= 15 is 0 Å². The number of hydrogen-bond acceptors (Lipinski definition) is 5. The van der Waals surface area contributed by atoms with E-state index in [-0.39, 0.29) is 5.82 Å². The third kappa shape index (κ3) is 4.76. The van der Waals surface area contributed by atoms with Crippen LogP contribution < -0.4 is 10.6 Å². The predicted octanol–water partition coefficient (Wildman–Crippen LogP) is 6.12. The van der Waals surface area contributed by atoms with E-state index in [9.17, 15) is 4.39 Å². The number of nitrogens with zero attached hydrogens (tertiary/aromatic N) is 2. The number of fused-ring (bicyclic) bond motifs is 3. The first-order valence-electron chi connectivity index (χ1n) is 10.8. The summed E-state index contributed by atoms with van der Waals surface area (Å²) in [5.74, 6) is 0.836. The molecule has 2 aromatic heterocycles. The summed E-state index contributed by atoms with van der Waals surface area (Å²) < 4.78 is 12.9. The quantitative estimate of drug-likeness (QED) is 0.506. The van der Waals surface area contributed by atoms with Crippen molar-refractivity contribution in [2.75, 3.05) is 12.4 Å². The van der Waals surface area contributed by atoms with Gasteiger partial charge in [-0.05, 0) is 56.8 Å². The molecule has 0 atom stereocenters. The summed E-state index contributed by atoms with van der Waals surface area (Å²) in [6, 6.07) is 5.29. The third-order valence-corrected chi connectivity index (χ3v) is 7.42. The van der Waals surface area contributed by atoms with Crippen LogP contribution in [-0.2, 0) is 19.4 Å². The van der Waals surface area contributed by atoms with E-state index in [4.69, 9.17) is 11.6 Å². The molecule has 0 radical (unpaired) electrons. The van der Waals surface area contributed by atoms with E-state index in [1.165, 1.54) is 73.2 Å². The molecule has 2 heterocycles. The Morgan fingerprint density at radius 2 is 1.97 bits per heavy atom. The number of aryl methyl sites for hydroxylation is 2. The first kappa shape index (κ1) is 21.5. The van der Waals surface area contributed by atoms with Gasteiger partial charge in [0.25, 0.3) is 0 Å². The summed E-state index contributed by atoms with van der Waals surface area (Å²) >= 11 is 7.60. The Balaban J connectivity index is 0.000000170. The molecule has 2 aliphatic rings. The number of nitrogens with one attached hydrogen (secondary N) is 2. The molecule has 0 bridgehead atoms. The number of halogens is 2. The summed E-state index contributed by atoms with van der Waals surface area (Å²) in [5, 5.41) is 8.33. The minimum Gasteiger partial charge on any atom is -0.367 e. The van der Waals surface area contributed by atoms with Gasteiger partial charge < -0.3 is 10.6 Å². The van der Waals surface area contributed by atoms with Crippen LogP contribution in [0.4, 0.5) is 10.2 Å². The normalized spacial score (nSPS) is 16.2. The molecule has 0 amide bonds. The van der Waals surface area contributed by atoms with E-state index in [1.54, 1.807) is 30.4 Å². The van der Waals surface area contributed by atoms with Crippen LogP contribution >= 0.6 is 22.9 Å². The van der Waals surface area contributed by atoms with Crippen molar-refractivity contribution in [3.05, 3.63) is 51.4 Å². The number of thiophene rings is 1. The Labute approximate surface area is 186 Å². The average Bonchev–Trinajstić information content (AvgIpc) is 3.34. The predicted molar refractivity (Wildman–Crippen MR) is 124 cm³/mol. The monoisotopic (exact) mass is 446 g/mol. The van der Waals surface area contributed by atoms with Crippen molar-refractivity contribution in [3.8, 4) is 0 Å². The van der Waals surface area contributed by atoms with Gasteiger partial charge in [0.2, 0.25) is 0 Å². The van der Waals surface area contributed by atoms with Gasteiger partial charge in [0.1, 0.15) is 22.8 Å². The maximum absolute atomic E-state index is 12.9. The number of anilines is 1. The third-order valence-electron chi connectivity index (χ3n) is 5.86. The molecule has 0 unspecified atom stereocenters. The fourth-order valence-corrected chi connectivity index (χ4v) is 5.82. The minimum atomic E-state index is -0.258. The summed E-state index contributed by atoms with van der Waals surface area (Å²) in [7, 11) is 1.75. The maximum atomic E-state index is 12.9. The molecule has 0 saturated heterocycles. The second kappa shape index (κ2) is 10.0. The lowest BCUT2D eigenvalue weighted by Gasteiger charge is -2.23. The zero-order valence-electron chi connectivity index (χ0n) is 17.3. The lowest BCUT2D eigenvalue weighted by Crippen LogP contribution is -2.23. The van der Waals surface area contributed by atoms with Crippen LogP contribution in [0.15, 0.2) is 24.5 Å². The molecule has 1 saturated carbocycles. The molecule has 1 fully saturated rings. The molecule has 7 heteroatoms. The molecule has 3 aromatic rings. The topological polar surface area (TPSA) is 49.8 Å². The molecule has 2 N–H and O–H groups in total. The van der Waals surface area contributed by atoms with E-state index in [0.29, 0.717) is 23.2 Å². The molecular weight excluding hydrogens is 419 g/mol. The van der Waals surface area contributed by atoms with Gasteiger partial charge in [0, 0.05) is 28.0 Å². The van der Waals surface area contributed by atoms with E-state index in [0.717, 1.165) is 5.82 Å². The standard InChI is InChI=1S/C15H19N3S.C8H9ClFN/c1-2-5-10(6-3-1)18-14-13-11-7-4-8-12(11)19-15(13)17-9-16-14;1-11-5-6-7(9)3-2-4-8(6)10/h9-10H,1-8H2,(H,16,17,18);2-4,11H,5H2,1H3. The SMILES string of the molecule is CNCc1c(F)cccc1Cl.c1nc(NC2CCCCC2)c2c3c(sc2n1)CCC3. The van der Waals surface area contributed by atoms with Gasteiger partial charge in [0.15, 0.2) is 0 Å². The average molecular weight is 447 g/mol. The zero-order valence-corrected chi connectivity index (χ0v) is 18.9. The highest BCUT2D eigenvalue weighted by atomic mass is 35.5. The molecule has 160 valence electrons. The van der Waals surface area contributed by atoms with Crippen LogP contribution in [0.1, 0.15) is 54.5 Å². The fourth-order valence-electron chi connectivity index (χ4n) is 4.36. The number of hydrogen-bond donors (Lipinski definition) is 2. The Morgan fingerprint density at radius 1 is 1.13 bits per heavy atom. The molecule has 4 nitrogen and oxygen atoms in total. The highest BCUT2D eigenvalue weighted by Gasteiger charge is 2.22. The Morgan fingerprint density at radius 3 is 2.73 bits per heavy atom. The Bertz CT molecular complexity index is 980. The van der Waals surface area contributed by atoms with Crippen molar-refractivity contribution >= 4 is 39.0 Å². The van der Waals surface area contributed by atoms with E-state index in [1.807, 2.05) is 11.3 Å². The van der Waals surface area contributed by atoms with Crippen LogP contribution in [0.2, 0.25) is 5.02 Å². The van der Waals surface area contributed by atoms with Gasteiger partial charge in [-0.1, -0.05) is 36.9 Å². The molecular formula is C23H28ClFN4S. The molecule has 0 aliphatic heterocycles. The Hall–Kier alpha value is -1.76. The summed E-state index contributed by atoms with van der Waals surface area (Å²) in [4.78, 5) is 11.7. The number of benzene rings is 1. The van der Waals surface area contributed by atoms with E-state index in [2.05, 4.69) is 20.6 Å². The van der Waals surface area contributed by atoms with Crippen LogP contribution in [0.3, 0.4) is 0 Å². The van der Waals surface area contributed by atoms with Gasteiger partial charge in [-0.3, -0.25) is 0 Å². The maximum Gasteiger partial charge on any atom is 0.138 e. The van der Waals surface area contributed by atoms with Crippen LogP contribution in [0.5, 0.6) is 0 Å². The molecule has 5 rings (SSSR count). The fraction of sp³-hybridized carbons (Fsp3) is 0.478. The molecule has 30 heavy (non-hydrogen) atoms. The first-order chi connectivity index (χ1) is 14.7. The van der Waals surface area contributed by atoms with Crippen molar-refractivity contribution in [1.82, 2.24) is 15.3 Å². The van der Waals surface area contributed by atoms with Crippen molar-refractivity contribution in [3.63, 3.8) is 0 Å². The first-order valence-corrected chi connectivity index (χ1v) is 12.0. The van der Waals surface area contributed by atoms with Gasteiger partial charge >= 0.3 is 0 Å². The van der Waals surface area contributed by atoms with Gasteiger partial charge in [-0.15, -0.1) is 11.3 Å². The second-order valence-corrected chi connectivity index (χ2v) is 9.46. The van der Waals surface area contributed by atoms with Gasteiger partial charge in [-0.2, -0.15) is 0 Å². The summed E-state index contributed by atoms with van der Waals surface area (Å²) in [6.45, 7) is 0.464. The molecule has 0 spiro atoms.